The molecule has 0 radical (unpaired) electrons. The Morgan fingerprint density at radius 2 is 2.40 bits per heavy atom. The molecule has 0 bridgehead atoms. The van der Waals surface area contributed by atoms with Crippen LogP contribution in [0.25, 0.3) is 0 Å². The number of hydrogen-bond acceptors (Lipinski definition) is 5. The zero-order valence-electron chi connectivity index (χ0n) is 11.4. The number of aromatic nitrogens is 1. The Morgan fingerprint density at radius 1 is 1.60 bits per heavy atom. The van der Waals surface area contributed by atoms with Gasteiger partial charge in [0.25, 0.3) is 5.91 Å². The third-order valence-corrected chi connectivity index (χ3v) is 4.19. The van der Waals surface area contributed by atoms with Crippen molar-refractivity contribution < 1.29 is 19.4 Å². The Kier molecular flexibility index (Phi) is 5.08. The van der Waals surface area contributed by atoms with Crippen LogP contribution in [-0.2, 0) is 9.53 Å². The quantitative estimate of drug-likeness (QED) is 0.862. The Bertz CT molecular complexity index is 482. The molecule has 1 N–H and O–H groups in total. The zero-order valence-corrected chi connectivity index (χ0v) is 12.2. The summed E-state index contributed by atoms with van der Waals surface area (Å²) >= 11 is 1.29. The average Bonchev–Trinajstić information content (AvgIpc) is 3.04. The normalized spacial score (nSPS) is 18.1. The predicted octanol–water partition coefficient (Wildman–Crippen LogP) is 1.55. The van der Waals surface area contributed by atoms with Crippen molar-refractivity contribution in [3.05, 3.63) is 16.1 Å². The lowest BCUT2D eigenvalue weighted by Gasteiger charge is -2.24. The molecule has 1 aliphatic heterocycles. The van der Waals surface area contributed by atoms with Crippen LogP contribution in [-0.4, -0.2) is 52.7 Å². The summed E-state index contributed by atoms with van der Waals surface area (Å²) < 4.78 is 5.53. The van der Waals surface area contributed by atoms with Crippen molar-refractivity contribution >= 4 is 23.2 Å². The maximum Gasteiger partial charge on any atom is 0.305 e. The zero-order chi connectivity index (χ0) is 14.5. The minimum absolute atomic E-state index is 0.0148. The smallest absolute Gasteiger partial charge is 0.305 e. The monoisotopic (exact) mass is 298 g/mol. The number of carboxylic acid groups (broad SMARTS) is 1. The second-order valence-corrected chi connectivity index (χ2v) is 5.65. The average molecular weight is 298 g/mol. The van der Waals surface area contributed by atoms with Gasteiger partial charge in [0.05, 0.1) is 23.7 Å². The number of carbonyl (C=O) groups is 2. The summed E-state index contributed by atoms with van der Waals surface area (Å²) in [6.45, 7) is 3.14. The van der Waals surface area contributed by atoms with E-state index in [2.05, 4.69) is 4.98 Å². The van der Waals surface area contributed by atoms with Gasteiger partial charge in [0, 0.05) is 19.7 Å². The maximum absolute atomic E-state index is 12.5. The number of rotatable bonds is 6. The molecule has 6 nitrogen and oxygen atoms in total. The fourth-order valence-corrected chi connectivity index (χ4v) is 2.96. The molecule has 20 heavy (non-hydrogen) atoms. The largest absolute Gasteiger partial charge is 0.481 e. The Labute approximate surface area is 121 Å². The molecule has 1 aliphatic rings. The van der Waals surface area contributed by atoms with E-state index in [1.165, 1.54) is 11.3 Å². The highest BCUT2D eigenvalue weighted by molar-refractivity contribution is 7.11. The van der Waals surface area contributed by atoms with Crippen molar-refractivity contribution in [3.8, 4) is 0 Å². The van der Waals surface area contributed by atoms with Gasteiger partial charge >= 0.3 is 5.97 Å². The van der Waals surface area contributed by atoms with E-state index in [4.69, 9.17) is 9.84 Å². The topological polar surface area (TPSA) is 79.7 Å². The minimum atomic E-state index is -0.906. The SMILES string of the molecule is Cc1ncsc1C(=O)N(CCC(=O)O)CC1CCCO1. The molecule has 1 saturated heterocycles. The van der Waals surface area contributed by atoms with Crippen LogP contribution < -0.4 is 0 Å². The van der Waals surface area contributed by atoms with Crippen LogP contribution >= 0.6 is 11.3 Å². The van der Waals surface area contributed by atoms with Crippen LogP contribution in [0, 0.1) is 6.92 Å². The van der Waals surface area contributed by atoms with E-state index in [1.54, 1.807) is 17.3 Å². The van der Waals surface area contributed by atoms with Crippen molar-refractivity contribution in [2.45, 2.75) is 32.3 Å². The molecule has 2 rings (SSSR count). The first-order valence-electron chi connectivity index (χ1n) is 6.60. The van der Waals surface area contributed by atoms with Crippen molar-refractivity contribution in [2.75, 3.05) is 19.7 Å². The summed E-state index contributed by atoms with van der Waals surface area (Å²) in [6, 6.07) is 0. The van der Waals surface area contributed by atoms with Crippen molar-refractivity contribution in [3.63, 3.8) is 0 Å². The number of nitrogens with zero attached hydrogens (tertiary/aromatic N) is 2. The van der Waals surface area contributed by atoms with E-state index in [0.29, 0.717) is 23.7 Å². The number of ether oxygens (including phenoxy) is 1. The third kappa shape index (κ3) is 3.77. The van der Waals surface area contributed by atoms with Gasteiger partial charge in [-0.05, 0) is 19.8 Å². The van der Waals surface area contributed by atoms with Crippen molar-refractivity contribution in [1.29, 1.82) is 0 Å². The second-order valence-electron chi connectivity index (χ2n) is 4.80. The van der Waals surface area contributed by atoms with Crippen molar-refractivity contribution in [2.24, 2.45) is 0 Å². The molecule has 0 spiro atoms. The highest BCUT2D eigenvalue weighted by Gasteiger charge is 2.25. The van der Waals surface area contributed by atoms with Gasteiger partial charge in [-0.3, -0.25) is 9.59 Å². The number of amides is 1. The number of aryl methyl sites for hydroxylation is 1. The van der Waals surface area contributed by atoms with Crippen LogP contribution in [0.15, 0.2) is 5.51 Å². The molecule has 1 amide bonds. The number of hydrogen-bond donors (Lipinski definition) is 1. The van der Waals surface area contributed by atoms with E-state index in [9.17, 15) is 9.59 Å². The van der Waals surface area contributed by atoms with E-state index in [-0.39, 0.29) is 25.0 Å². The van der Waals surface area contributed by atoms with E-state index in [1.807, 2.05) is 0 Å². The maximum atomic E-state index is 12.5. The highest BCUT2D eigenvalue weighted by Crippen LogP contribution is 2.19. The molecule has 0 aromatic carbocycles. The lowest BCUT2D eigenvalue weighted by Crippen LogP contribution is -2.38. The summed E-state index contributed by atoms with van der Waals surface area (Å²) in [4.78, 5) is 29.4. The van der Waals surface area contributed by atoms with Crippen LogP contribution in [0.5, 0.6) is 0 Å². The number of carbonyl (C=O) groups excluding carboxylic acids is 1. The molecule has 0 saturated carbocycles. The summed E-state index contributed by atoms with van der Waals surface area (Å²) in [5.41, 5.74) is 2.32. The standard InChI is InChI=1S/C13H18N2O4S/c1-9-12(20-8-14-9)13(18)15(5-4-11(16)17)7-10-3-2-6-19-10/h8,10H,2-7H2,1H3,(H,16,17). The first-order chi connectivity index (χ1) is 9.58. The van der Waals surface area contributed by atoms with Gasteiger partial charge in [-0.25, -0.2) is 4.98 Å². The molecule has 1 aromatic rings. The molecule has 110 valence electrons. The molecule has 1 fully saturated rings. The van der Waals surface area contributed by atoms with Crippen molar-refractivity contribution in [1.82, 2.24) is 9.88 Å². The second kappa shape index (κ2) is 6.81. The van der Waals surface area contributed by atoms with E-state index < -0.39 is 5.97 Å². The lowest BCUT2D eigenvalue weighted by atomic mass is 10.2. The third-order valence-electron chi connectivity index (χ3n) is 3.27. The molecular weight excluding hydrogens is 280 g/mol. The summed E-state index contributed by atoms with van der Waals surface area (Å²) in [7, 11) is 0. The molecule has 1 aromatic heterocycles. The van der Waals surface area contributed by atoms with Gasteiger partial charge in [0.1, 0.15) is 4.88 Å². The van der Waals surface area contributed by atoms with Crippen LogP contribution in [0.4, 0.5) is 0 Å². The summed E-state index contributed by atoms with van der Waals surface area (Å²) in [5.74, 6) is -1.06. The van der Waals surface area contributed by atoms with Crippen LogP contribution in [0.3, 0.4) is 0 Å². The Hall–Kier alpha value is -1.47. The minimum Gasteiger partial charge on any atom is -0.481 e. The highest BCUT2D eigenvalue weighted by atomic mass is 32.1. The van der Waals surface area contributed by atoms with Gasteiger partial charge < -0.3 is 14.7 Å². The van der Waals surface area contributed by atoms with E-state index >= 15 is 0 Å². The molecule has 1 unspecified atom stereocenters. The summed E-state index contributed by atoms with van der Waals surface area (Å²) in [6.07, 6.45) is 1.86. The fraction of sp³-hybridized carbons (Fsp3) is 0.615. The Morgan fingerprint density at radius 3 is 2.95 bits per heavy atom. The Balaban J connectivity index is 2.05. The molecule has 0 aliphatic carbocycles. The first-order valence-corrected chi connectivity index (χ1v) is 7.48. The lowest BCUT2D eigenvalue weighted by molar-refractivity contribution is -0.137. The van der Waals surface area contributed by atoms with Crippen LogP contribution in [0.1, 0.15) is 34.6 Å². The molecular formula is C13H18N2O4S. The van der Waals surface area contributed by atoms with Gasteiger partial charge in [-0.1, -0.05) is 0 Å². The van der Waals surface area contributed by atoms with Gasteiger partial charge in [-0.2, -0.15) is 0 Å². The van der Waals surface area contributed by atoms with Gasteiger partial charge in [0.15, 0.2) is 0 Å². The molecule has 7 heteroatoms. The summed E-state index contributed by atoms with van der Waals surface area (Å²) in [5, 5.41) is 8.81. The predicted molar refractivity (Wildman–Crippen MR) is 74.0 cm³/mol. The van der Waals surface area contributed by atoms with Gasteiger partial charge in [0.2, 0.25) is 0 Å². The number of aliphatic carboxylic acids is 1. The number of carboxylic acids is 1. The fourth-order valence-electron chi connectivity index (χ4n) is 2.19. The molecule has 2 heterocycles. The molecule has 1 atom stereocenters. The van der Waals surface area contributed by atoms with E-state index in [0.717, 1.165) is 12.8 Å². The first kappa shape index (κ1) is 14.9. The van der Waals surface area contributed by atoms with Crippen LogP contribution in [0.2, 0.25) is 0 Å². The number of thiazole rings is 1. The van der Waals surface area contributed by atoms with Gasteiger partial charge in [-0.15, -0.1) is 11.3 Å².